The van der Waals surface area contributed by atoms with Crippen molar-refractivity contribution in [3.63, 3.8) is 0 Å². The van der Waals surface area contributed by atoms with Gasteiger partial charge in [0.05, 0.1) is 5.31 Å². The van der Waals surface area contributed by atoms with Gasteiger partial charge in [-0.2, -0.15) is 0 Å². The van der Waals surface area contributed by atoms with Gasteiger partial charge in [0.25, 0.3) is 0 Å². The first-order valence-electron chi connectivity index (χ1n) is 8.84. The molecule has 0 saturated carbocycles. The van der Waals surface area contributed by atoms with Crippen LogP contribution in [-0.4, -0.2) is 5.11 Å². The van der Waals surface area contributed by atoms with Gasteiger partial charge in [-0.25, -0.2) is 0 Å². The molecule has 1 aliphatic heterocycles. The van der Waals surface area contributed by atoms with E-state index in [-0.39, 0.29) is 11.4 Å². The molecule has 0 radical (unpaired) electrons. The average Bonchev–Trinajstić information content (AvgIpc) is 2.94. The molecule has 3 heteroatoms. The highest BCUT2D eigenvalue weighted by Crippen LogP contribution is 2.76. The molecular weight excluding hydrogens is 339 g/mol. The highest BCUT2D eigenvalue weighted by Gasteiger charge is 2.46. The summed E-state index contributed by atoms with van der Waals surface area (Å²) in [6.07, 6.45) is 0.889. The van der Waals surface area contributed by atoms with Gasteiger partial charge in [0.15, 0.2) is 0 Å². The Labute approximate surface area is 154 Å². The third-order valence-corrected chi connectivity index (χ3v) is 8.63. The Balaban J connectivity index is 1.84. The monoisotopic (exact) mass is 360 g/mol. The van der Waals surface area contributed by atoms with Gasteiger partial charge >= 0.3 is 0 Å². The number of aliphatic hydroxyl groups is 1. The molecule has 26 heavy (non-hydrogen) atoms. The van der Waals surface area contributed by atoms with Crippen LogP contribution in [0, 0.1) is 0 Å². The topological polar surface area (TPSA) is 37.3 Å². The Kier molecular flexibility index (Phi) is 4.53. The molecule has 2 atom stereocenters. The first-order valence-corrected chi connectivity index (χ1v) is 10.8. The third-order valence-electron chi connectivity index (χ3n) is 5.03. The molecule has 4 rings (SSSR count). The zero-order valence-electron chi connectivity index (χ0n) is 14.5. The second-order valence-corrected chi connectivity index (χ2v) is 9.71. The van der Waals surface area contributed by atoms with Gasteiger partial charge in [0, 0.05) is 18.2 Å². The Morgan fingerprint density at radius 3 is 1.96 bits per heavy atom. The van der Waals surface area contributed by atoms with Gasteiger partial charge in [-0.1, -0.05) is 91.0 Å². The number of rotatable bonds is 4. The van der Waals surface area contributed by atoms with Crippen molar-refractivity contribution in [1.82, 2.24) is 0 Å². The Hall–Kier alpha value is -2.57. The molecule has 3 aromatic rings. The fraction of sp³-hybridized carbons (Fsp3) is 0.130. The van der Waals surface area contributed by atoms with Gasteiger partial charge in [0.2, 0.25) is 0 Å². The quantitative estimate of drug-likeness (QED) is 0.531. The predicted molar refractivity (Wildman–Crippen MR) is 108 cm³/mol. The van der Waals surface area contributed by atoms with E-state index in [0.29, 0.717) is 17.9 Å². The molecule has 0 unspecified atom stereocenters. The lowest BCUT2D eigenvalue weighted by molar-refractivity contribution is 0.394. The van der Waals surface area contributed by atoms with Gasteiger partial charge in [-0.05, 0) is 16.7 Å². The van der Waals surface area contributed by atoms with Gasteiger partial charge in [-0.15, -0.1) is 0 Å². The number of allylic oxidation sites excluding steroid dienone is 1. The summed E-state index contributed by atoms with van der Waals surface area (Å²) in [5, 5.41) is 11.4. The average molecular weight is 360 g/mol. The lowest BCUT2D eigenvalue weighted by atomic mass is 10.1. The van der Waals surface area contributed by atoms with Crippen molar-refractivity contribution >= 4 is 12.5 Å². The fourth-order valence-electron chi connectivity index (χ4n) is 3.86. The molecule has 0 aromatic heterocycles. The van der Waals surface area contributed by atoms with Crippen LogP contribution in [0.25, 0.3) is 5.31 Å². The van der Waals surface area contributed by atoms with E-state index < -0.39 is 7.14 Å². The van der Waals surface area contributed by atoms with Crippen LogP contribution in [0.5, 0.6) is 0 Å². The van der Waals surface area contributed by atoms with Crippen molar-refractivity contribution < 1.29 is 9.67 Å². The van der Waals surface area contributed by atoms with Gasteiger partial charge < -0.3 is 9.67 Å². The Morgan fingerprint density at radius 1 is 0.808 bits per heavy atom. The highest BCUT2D eigenvalue weighted by atomic mass is 31.2. The summed E-state index contributed by atoms with van der Waals surface area (Å²) in [7, 11) is -2.88. The van der Waals surface area contributed by atoms with E-state index >= 15 is 0 Å². The van der Waals surface area contributed by atoms with E-state index in [4.69, 9.17) is 0 Å². The molecular formula is C23H21O2P. The predicted octanol–water partition coefficient (Wildman–Crippen LogP) is 6.62. The van der Waals surface area contributed by atoms with Crippen LogP contribution in [-0.2, 0) is 10.7 Å². The molecule has 1 heterocycles. The molecule has 1 aliphatic rings. The van der Waals surface area contributed by atoms with E-state index in [1.807, 2.05) is 91.0 Å². The zero-order valence-corrected chi connectivity index (χ0v) is 15.3. The van der Waals surface area contributed by atoms with Gasteiger partial charge in [-0.3, -0.25) is 0 Å². The minimum Gasteiger partial charge on any atom is -0.511 e. The van der Waals surface area contributed by atoms with Crippen molar-refractivity contribution in [3.05, 3.63) is 113 Å². The lowest BCUT2D eigenvalue weighted by Gasteiger charge is -2.24. The van der Waals surface area contributed by atoms with E-state index in [9.17, 15) is 9.67 Å². The number of benzene rings is 3. The van der Waals surface area contributed by atoms with Crippen molar-refractivity contribution in [2.45, 2.75) is 18.2 Å². The normalized spacial score (nSPS) is 22.5. The summed E-state index contributed by atoms with van der Waals surface area (Å²) in [5.41, 5.74) is 2.76. The molecule has 130 valence electrons. The number of hydrogen-bond donors (Lipinski definition) is 1. The van der Waals surface area contributed by atoms with Crippen LogP contribution < -0.4 is 0 Å². The maximum atomic E-state index is 14.4. The first-order chi connectivity index (χ1) is 12.7. The van der Waals surface area contributed by atoms with Crippen LogP contribution in [0.4, 0.5) is 0 Å². The molecule has 1 N–H and O–H groups in total. The maximum absolute atomic E-state index is 14.4. The molecule has 0 fully saturated rings. The van der Waals surface area contributed by atoms with Crippen molar-refractivity contribution in [3.8, 4) is 0 Å². The van der Waals surface area contributed by atoms with E-state index in [0.717, 1.165) is 16.7 Å². The van der Waals surface area contributed by atoms with Crippen molar-refractivity contribution in [2.24, 2.45) is 0 Å². The van der Waals surface area contributed by atoms with E-state index in [1.165, 1.54) is 0 Å². The summed E-state index contributed by atoms with van der Waals surface area (Å²) >= 11 is 0. The second-order valence-electron chi connectivity index (χ2n) is 6.73. The summed E-state index contributed by atoms with van der Waals surface area (Å²) in [5.74, 6) is 0.268. The maximum Gasteiger partial charge on any atom is 0.131 e. The lowest BCUT2D eigenvalue weighted by Crippen LogP contribution is -1.99. The standard InChI is InChI=1S/C23H21O2P/c24-21-16-22(19-12-6-2-7-13-19)26(25,17-18-10-4-1-5-11-18)23(21)20-14-8-3-9-15-20/h1-15,22,24H,16-17H2/t22-,26-/m0/s1. The largest absolute Gasteiger partial charge is 0.511 e. The van der Waals surface area contributed by atoms with Gasteiger partial charge in [0.1, 0.15) is 12.9 Å². The van der Waals surface area contributed by atoms with Crippen LogP contribution in [0.1, 0.15) is 28.8 Å². The fourth-order valence-corrected chi connectivity index (χ4v) is 7.54. The van der Waals surface area contributed by atoms with Crippen molar-refractivity contribution in [1.29, 1.82) is 0 Å². The number of aliphatic hydroxyl groups excluding tert-OH is 1. The minimum absolute atomic E-state index is 0.181. The van der Waals surface area contributed by atoms with Crippen LogP contribution in [0.3, 0.4) is 0 Å². The summed E-state index contributed by atoms with van der Waals surface area (Å²) in [6.45, 7) is 0. The Bertz CT molecular complexity index is 963. The molecule has 0 saturated heterocycles. The molecule has 0 spiro atoms. The second kappa shape index (κ2) is 6.97. The van der Waals surface area contributed by atoms with Crippen LogP contribution >= 0.6 is 7.14 Å². The van der Waals surface area contributed by atoms with Crippen molar-refractivity contribution in [2.75, 3.05) is 0 Å². The first kappa shape index (κ1) is 16.9. The molecule has 2 nitrogen and oxygen atoms in total. The van der Waals surface area contributed by atoms with Crippen LogP contribution in [0.15, 0.2) is 96.8 Å². The van der Waals surface area contributed by atoms with E-state index in [1.54, 1.807) is 0 Å². The summed E-state index contributed by atoms with van der Waals surface area (Å²) in [6, 6.07) is 29.6. The summed E-state index contributed by atoms with van der Waals surface area (Å²) in [4.78, 5) is 0. The number of hydrogen-bond acceptors (Lipinski definition) is 2. The molecule has 0 amide bonds. The Morgan fingerprint density at radius 2 is 1.35 bits per heavy atom. The highest BCUT2D eigenvalue weighted by molar-refractivity contribution is 7.74. The zero-order chi connectivity index (χ0) is 18.0. The SMILES string of the molecule is O=[P@]1(Cc2ccccc2)C(c2ccccc2)=C(O)C[C@H]1c1ccccc1. The third kappa shape index (κ3) is 3.02. The smallest absolute Gasteiger partial charge is 0.131 e. The molecule has 3 aromatic carbocycles. The summed E-state index contributed by atoms with van der Waals surface area (Å²) < 4.78 is 14.4. The molecule has 0 bridgehead atoms. The van der Waals surface area contributed by atoms with Crippen LogP contribution in [0.2, 0.25) is 0 Å². The van der Waals surface area contributed by atoms with E-state index in [2.05, 4.69) is 0 Å². The minimum atomic E-state index is -2.88. The molecule has 0 aliphatic carbocycles.